The highest BCUT2D eigenvalue weighted by Gasteiger charge is 2.31. The highest BCUT2D eigenvalue weighted by Crippen LogP contribution is 2.21. The molecule has 1 fully saturated rings. The van der Waals surface area contributed by atoms with E-state index >= 15 is 0 Å². The first kappa shape index (κ1) is 26.3. The monoisotopic (exact) mass is 505 g/mol. The number of rotatable bonds is 10. The number of aromatic nitrogens is 3. The fourth-order valence-corrected chi connectivity index (χ4v) is 4.78. The molecular weight excluding hydrogens is 470 g/mol. The van der Waals surface area contributed by atoms with Crippen LogP contribution < -0.4 is 5.32 Å². The lowest BCUT2D eigenvalue weighted by Crippen LogP contribution is -2.48. The van der Waals surface area contributed by atoms with Gasteiger partial charge in [0.05, 0.1) is 12.5 Å². The van der Waals surface area contributed by atoms with Crippen molar-refractivity contribution in [2.24, 2.45) is 0 Å². The molecule has 2 aromatic heterocycles. The Bertz CT molecular complexity index is 1220. The van der Waals surface area contributed by atoms with Gasteiger partial charge in [0.15, 0.2) is 11.5 Å². The molecular formula is C28H35N5O4. The van der Waals surface area contributed by atoms with Crippen LogP contribution in [0.1, 0.15) is 85.2 Å². The zero-order valence-corrected chi connectivity index (χ0v) is 21.7. The minimum Gasteiger partial charge on any atom is -0.361 e. The number of aryl methyl sites for hydroxylation is 1. The third-order valence-electron chi connectivity index (χ3n) is 6.92. The van der Waals surface area contributed by atoms with E-state index in [4.69, 9.17) is 4.52 Å². The van der Waals surface area contributed by atoms with Crippen LogP contribution >= 0.6 is 0 Å². The van der Waals surface area contributed by atoms with Crippen molar-refractivity contribution >= 4 is 17.6 Å². The van der Waals surface area contributed by atoms with Crippen molar-refractivity contribution in [2.75, 3.05) is 6.54 Å². The summed E-state index contributed by atoms with van der Waals surface area (Å²) in [7, 11) is 0. The van der Waals surface area contributed by atoms with Crippen LogP contribution in [0.25, 0.3) is 0 Å². The Morgan fingerprint density at radius 1 is 1.19 bits per heavy atom. The van der Waals surface area contributed by atoms with Gasteiger partial charge in [0.25, 0.3) is 5.91 Å². The van der Waals surface area contributed by atoms with Crippen LogP contribution in [0.5, 0.6) is 0 Å². The molecule has 1 aliphatic heterocycles. The van der Waals surface area contributed by atoms with E-state index in [2.05, 4.69) is 32.6 Å². The Morgan fingerprint density at radius 3 is 2.68 bits per heavy atom. The van der Waals surface area contributed by atoms with Crippen molar-refractivity contribution in [2.45, 2.75) is 77.3 Å². The van der Waals surface area contributed by atoms with Crippen molar-refractivity contribution in [3.05, 3.63) is 71.1 Å². The van der Waals surface area contributed by atoms with Gasteiger partial charge in [0.1, 0.15) is 11.6 Å². The summed E-state index contributed by atoms with van der Waals surface area (Å²) in [4.78, 5) is 49.0. The van der Waals surface area contributed by atoms with Gasteiger partial charge in [-0.3, -0.25) is 14.4 Å². The number of likely N-dealkylation sites (tertiary alicyclic amines) is 1. The highest BCUT2D eigenvalue weighted by molar-refractivity contribution is 5.98. The molecule has 9 nitrogen and oxygen atoms in total. The molecule has 0 radical (unpaired) electrons. The first-order chi connectivity index (χ1) is 17.8. The van der Waals surface area contributed by atoms with Crippen molar-refractivity contribution in [3.8, 4) is 0 Å². The number of aromatic amines is 1. The van der Waals surface area contributed by atoms with Crippen LogP contribution in [0.3, 0.4) is 0 Å². The maximum atomic E-state index is 13.4. The quantitative estimate of drug-likeness (QED) is 0.430. The van der Waals surface area contributed by atoms with Crippen LogP contribution in [0, 0.1) is 6.92 Å². The number of imidazole rings is 1. The van der Waals surface area contributed by atoms with Crippen LogP contribution in [0.4, 0.5) is 0 Å². The van der Waals surface area contributed by atoms with Gasteiger partial charge in [0, 0.05) is 49.3 Å². The number of piperidine rings is 1. The van der Waals surface area contributed by atoms with Crippen LogP contribution in [0.15, 0.2) is 47.1 Å². The predicted octanol–water partition coefficient (Wildman–Crippen LogP) is 3.95. The summed E-state index contributed by atoms with van der Waals surface area (Å²) in [5, 5.41) is 6.48. The lowest BCUT2D eigenvalue weighted by atomic mass is 9.96. The summed E-state index contributed by atoms with van der Waals surface area (Å²) in [6.45, 7) is 6.29. The topological polar surface area (TPSA) is 121 Å². The lowest BCUT2D eigenvalue weighted by molar-refractivity contribution is -0.137. The van der Waals surface area contributed by atoms with Gasteiger partial charge in [-0.25, -0.2) is 4.98 Å². The van der Waals surface area contributed by atoms with Crippen LogP contribution in [-0.4, -0.2) is 56.3 Å². The Hall–Kier alpha value is -3.75. The second-order valence-electron chi connectivity index (χ2n) is 10.0. The van der Waals surface area contributed by atoms with Gasteiger partial charge in [0.2, 0.25) is 5.91 Å². The first-order valence-corrected chi connectivity index (χ1v) is 12.9. The number of nitrogens with zero attached hydrogens (tertiary/aromatic N) is 3. The Labute approximate surface area is 217 Å². The SMILES string of the molecule is Cc1cc(C(=O)N[C@@H](CC(=O)N2CCCC[C@@H]2C)C(=O)C[C@@H](C)c2ncc(Cc3ccccc3)[nH]2)no1. The Kier molecular flexibility index (Phi) is 8.53. The van der Waals surface area contributed by atoms with Gasteiger partial charge >= 0.3 is 0 Å². The standard InChI is InChI=1S/C28H35N5O4/c1-18(27-29-17-22(30-27)15-21-10-5-4-6-11-21)13-25(34)23(31-28(36)24-14-20(3)37-32-24)16-26(35)33-12-8-7-9-19(33)2/h4-6,10-11,14,17-19,23H,7-9,12-13,15-16H2,1-3H3,(H,29,30)(H,31,36)/t18-,19+,23+/m1/s1. The molecule has 2 amide bonds. The maximum absolute atomic E-state index is 13.4. The van der Waals surface area contributed by atoms with Crippen molar-refractivity contribution in [1.29, 1.82) is 0 Å². The fourth-order valence-electron chi connectivity index (χ4n) is 4.78. The summed E-state index contributed by atoms with van der Waals surface area (Å²) in [6.07, 6.45) is 5.52. The van der Waals surface area contributed by atoms with E-state index < -0.39 is 11.9 Å². The van der Waals surface area contributed by atoms with Gasteiger partial charge in [-0.2, -0.15) is 0 Å². The van der Waals surface area contributed by atoms with E-state index in [1.54, 1.807) is 13.1 Å². The number of carbonyl (C=O) groups is 3. The van der Waals surface area contributed by atoms with E-state index in [0.29, 0.717) is 24.6 Å². The molecule has 9 heteroatoms. The molecule has 0 aliphatic carbocycles. The summed E-state index contributed by atoms with van der Waals surface area (Å²) in [5.74, 6) is 0.0924. The van der Waals surface area contributed by atoms with E-state index in [-0.39, 0.29) is 42.2 Å². The Morgan fingerprint density at radius 2 is 1.97 bits per heavy atom. The summed E-state index contributed by atoms with van der Waals surface area (Å²) >= 11 is 0. The number of H-pyrrole nitrogens is 1. The largest absolute Gasteiger partial charge is 0.361 e. The number of amides is 2. The van der Waals surface area contributed by atoms with E-state index in [9.17, 15) is 14.4 Å². The predicted molar refractivity (Wildman–Crippen MR) is 138 cm³/mol. The second-order valence-corrected chi connectivity index (χ2v) is 10.0. The number of hydrogen-bond donors (Lipinski definition) is 2. The van der Waals surface area contributed by atoms with Crippen molar-refractivity contribution in [3.63, 3.8) is 0 Å². The number of ketones is 1. The van der Waals surface area contributed by atoms with E-state index in [0.717, 1.165) is 30.5 Å². The molecule has 196 valence electrons. The van der Waals surface area contributed by atoms with Gasteiger partial charge in [-0.1, -0.05) is 42.4 Å². The maximum Gasteiger partial charge on any atom is 0.274 e. The number of carbonyl (C=O) groups excluding carboxylic acids is 3. The molecule has 0 bridgehead atoms. The molecule has 37 heavy (non-hydrogen) atoms. The summed E-state index contributed by atoms with van der Waals surface area (Å²) in [5.41, 5.74) is 2.21. The van der Waals surface area contributed by atoms with Crippen molar-refractivity contribution < 1.29 is 18.9 Å². The Balaban J connectivity index is 1.44. The second kappa shape index (κ2) is 12.0. The molecule has 1 aromatic carbocycles. The molecule has 1 aliphatic rings. The van der Waals surface area contributed by atoms with Crippen LogP contribution in [0.2, 0.25) is 0 Å². The molecule has 4 rings (SSSR count). The first-order valence-electron chi connectivity index (χ1n) is 12.9. The minimum atomic E-state index is -0.965. The fraction of sp³-hybridized carbons (Fsp3) is 0.464. The zero-order chi connectivity index (χ0) is 26.4. The molecule has 3 aromatic rings. The minimum absolute atomic E-state index is 0.0822. The van der Waals surface area contributed by atoms with Crippen LogP contribution in [-0.2, 0) is 16.0 Å². The third kappa shape index (κ3) is 6.93. The normalized spacial score (nSPS) is 17.3. The number of benzene rings is 1. The average molecular weight is 506 g/mol. The molecule has 0 unspecified atom stereocenters. The molecule has 0 spiro atoms. The summed E-state index contributed by atoms with van der Waals surface area (Å²) in [6, 6.07) is 10.7. The third-order valence-corrected chi connectivity index (χ3v) is 6.92. The van der Waals surface area contributed by atoms with Gasteiger partial charge in [-0.15, -0.1) is 0 Å². The lowest BCUT2D eigenvalue weighted by Gasteiger charge is -2.34. The average Bonchev–Trinajstić information content (AvgIpc) is 3.53. The summed E-state index contributed by atoms with van der Waals surface area (Å²) < 4.78 is 5.00. The molecule has 0 saturated carbocycles. The smallest absolute Gasteiger partial charge is 0.274 e. The number of hydrogen-bond acceptors (Lipinski definition) is 6. The van der Waals surface area contributed by atoms with Crippen molar-refractivity contribution in [1.82, 2.24) is 25.3 Å². The van der Waals surface area contributed by atoms with Gasteiger partial charge < -0.3 is 19.7 Å². The van der Waals surface area contributed by atoms with E-state index in [1.165, 1.54) is 6.07 Å². The van der Waals surface area contributed by atoms with Gasteiger partial charge in [-0.05, 0) is 38.7 Å². The van der Waals surface area contributed by atoms with E-state index in [1.807, 2.05) is 36.9 Å². The number of nitrogens with one attached hydrogen (secondary N) is 2. The zero-order valence-electron chi connectivity index (χ0n) is 21.7. The molecule has 2 N–H and O–H groups in total. The molecule has 3 atom stereocenters. The highest BCUT2D eigenvalue weighted by atomic mass is 16.5. The molecule has 1 saturated heterocycles. The number of Topliss-reactive ketones (excluding diaryl/α,β-unsaturated/α-hetero) is 1. The molecule has 3 heterocycles.